The average molecular weight is 233 g/mol. The van der Waals surface area contributed by atoms with E-state index in [1.165, 1.54) is 0 Å². The molecule has 0 fully saturated rings. The third-order valence-corrected chi connectivity index (χ3v) is 0. The topological polar surface area (TPSA) is 127 Å². The summed E-state index contributed by atoms with van der Waals surface area (Å²) in [7, 11) is 0. The molecule has 0 rings (SSSR count). The molecule has 0 aromatic rings. The second-order valence-electron chi connectivity index (χ2n) is 0.420. The van der Waals surface area contributed by atoms with Crippen molar-refractivity contribution in [3.8, 4) is 0 Å². The first-order valence-electron chi connectivity index (χ1n) is 0.995. The summed E-state index contributed by atoms with van der Waals surface area (Å²) in [5, 5.41) is 0. The molecule has 0 aliphatic rings. The maximum absolute atomic E-state index is 8.67. The molecule has 0 spiro atoms. The van der Waals surface area contributed by atoms with Crippen LogP contribution in [0.1, 0.15) is 0 Å². The Morgan fingerprint density at radius 3 is 1.22 bits per heavy atom. The summed E-state index contributed by atoms with van der Waals surface area (Å²) < 4.78 is 48.4. The van der Waals surface area contributed by atoms with Crippen LogP contribution in [0, 0.1) is 14.8 Å². The van der Waals surface area contributed by atoms with E-state index in [9.17, 15) is 0 Å². The van der Waals surface area contributed by atoms with Gasteiger partial charge in [-0.1, -0.05) is 0 Å². The van der Waals surface area contributed by atoms with Crippen molar-refractivity contribution in [1.29, 1.82) is 0 Å². The van der Waals surface area contributed by atoms with Crippen molar-refractivity contribution in [3.05, 3.63) is 0 Å². The maximum atomic E-state index is 8.67. The molecule has 0 saturated heterocycles. The van der Waals surface area contributed by atoms with Crippen molar-refractivity contribution < 1.29 is 70.3 Å². The Morgan fingerprint density at radius 1 is 1.22 bits per heavy atom. The van der Waals surface area contributed by atoms with Crippen molar-refractivity contribution in [2.75, 3.05) is 0 Å². The SMILES string of the molecule is O=S(O)O.[Na+].[O-][Br+2]([O-])[O-]. The fourth-order valence-electron chi connectivity index (χ4n) is 0. The van der Waals surface area contributed by atoms with E-state index < -0.39 is 26.2 Å². The van der Waals surface area contributed by atoms with E-state index in [0.29, 0.717) is 0 Å². The van der Waals surface area contributed by atoms with Crippen LogP contribution in [0.4, 0.5) is 0 Å². The molecule has 9 heavy (non-hydrogen) atoms. The Hall–Kier alpha value is 1.43. The number of halogens is 1. The molecule has 0 aliphatic carbocycles. The predicted molar refractivity (Wildman–Crippen MR) is 13.4 cm³/mol. The van der Waals surface area contributed by atoms with E-state index in [4.69, 9.17) is 25.9 Å². The second-order valence-corrected chi connectivity index (χ2v) is 1.67. The fraction of sp³-hybridized carbons (Fsp3) is 0. The Balaban J connectivity index is -0.0000000720. The Labute approximate surface area is 81.1 Å². The molecule has 6 nitrogen and oxygen atoms in total. The molecular weight excluding hydrogens is 231 g/mol. The molecule has 0 heterocycles. The summed E-state index contributed by atoms with van der Waals surface area (Å²) in [4.78, 5) is 0. The van der Waals surface area contributed by atoms with Gasteiger partial charge in [0.2, 0.25) is 14.8 Å². The van der Waals surface area contributed by atoms with Gasteiger partial charge < -0.3 is 12.6 Å². The molecule has 2 N–H and O–H groups in total. The van der Waals surface area contributed by atoms with Gasteiger partial charge in [-0.15, -0.1) is 0 Å². The fourth-order valence-corrected chi connectivity index (χ4v) is 0. The molecule has 0 amide bonds. The van der Waals surface area contributed by atoms with Crippen LogP contribution in [-0.2, 0) is 11.4 Å². The van der Waals surface area contributed by atoms with E-state index in [2.05, 4.69) is 0 Å². The monoisotopic (exact) mass is 232 g/mol. The maximum Gasteiger partial charge on any atom is 1.00 e. The average Bonchev–Trinajstić information content (AvgIpc) is 1.25. The number of rotatable bonds is 0. The largest absolute Gasteiger partial charge is 1.00 e. The molecule has 9 heteroatoms. The predicted octanol–water partition coefficient (Wildman–Crippen LogP) is -6.88. The van der Waals surface area contributed by atoms with Crippen molar-refractivity contribution >= 4 is 11.4 Å². The first kappa shape index (κ1) is 16.8. The van der Waals surface area contributed by atoms with Crippen LogP contribution in [0.25, 0.3) is 0 Å². The number of hydrogen-bond acceptors (Lipinski definition) is 4. The van der Waals surface area contributed by atoms with E-state index in [0.717, 1.165) is 0 Å². The summed E-state index contributed by atoms with van der Waals surface area (Å²) in [6.07, 6.45) is 0. The standard InChI is InChI=1S/BrO3.Na.H2O3S/c2-1(3)4;;1-4(2)3/h;;(H2,1,2,3)/q-1;+1;. The van der Waals surface area contributed by atoms with Crippen LogP contribution in [-0.4, -0.2) is 13.3 Å². The number of hydrogen-bond donors (Lipinski definition) is 2. The van der Waals surface area contributed by atoms with Crippen LogP contribution in [0.5, 0.6) is 0 Å². The zero-order valence-electron chi connectivity index (χ0n) is 4.31. The van der Waals surface area contributed by atoms with E-state index in [-0.39, 0.29) is 29.6 Å². The molecular formula is H2BrNaO6S. The quantitative estimate of drug-likeness (QED) is 0.316. The molecule has 0 radical (unpaired) electrons. The van der Waals surface area contributed by atoms with Gasteiger partial charge >= 0.3 is 29.6 Å². The zero-order valence-corrected chi connectivity index (χ0v) is 8.72. The Morgan fingerprint density at radius 2 is 1.22 bits per heavy atom. The first-order valence-corrected chi connectivity index (χ1v) is 4.00. The summed E-state index contributed by atoms with van der Waals surface area (Å²) in [5.41, 5.74) is 0. The minimum atomic E-state index is -3.65. The van der Waals surface area contributed by atoms with Gasteiger partial charge in [0, 0.05) is 0 Å². The molecule has 52 valence electrons. The second kappa shape index (κ2) is 12.1. The summed E-state index contributed by atoms with van der Waals surface area (Å²) in [6.45, 7) is 0. The Bertz CT molecular complexity index is 57.3. The van der Waals surface area contributed by atoms with E-state index in [1.54, 1.807) is 0 Å². The summed E-state index contributed by atoms with van der Waals surface area (Å²) >= 11 is -6.26. The van der Waals surface area contributed by atoms with Gasteiger partial charge in [-0.3, -0.25) is 9.11 Å². The molecule has 0 aliphatic heterocycles. The van der Waals surface area contributed by atoms with Gasteiger partial charge in [0.25, 0.3) is 11.4 Å². The molecule has 0 saturated carbocycles. The van der Waals surface area contributed by atoms with Gasteiger partial charge in [-0.2, -0.15) is 4.21 Å². The van der Waals surface area contributed by atoms with Gasteiger partial charge in [0.15, 0.2) is 0 Å². The molecule has 0 aromatic heterocycles. The van der Waals surface area contributed by atoms with Gasteiger partial charge in [0.1, 0.15) is 0 Å². The van der Waals surface area contributed by atoms with Crippen LogP contribution >= 0.6 is 0 Å². The molecule has 0 bridgehead atoms. The summed E-state index contributed by atoms with van der Waals surface area (Å²) in [6, 6.07) is 0. The molecule has 0 atom stereocenters. The van der Waals surface area contributed by atoms with Crippen molar-refractivity contribution in [1.82, 2.24) is 0 Å². The Kier molecular flexibility index (Phi) is 22.7. The first-order chi connectivity index (χ1) is 3.46. The van der Waals surface area contributed by atoms with Gasteiger partial charge in [-0.25, -0.2) is 0 Å². The van der Waals surface area contributed by atoms with Crippen LogP contribution in [0.2, 0.25) is 0 Å². The third kappa shape index (κ3) is 255. The normalized spacial score (nSPS) is 7.89. The van der Waals surface area contributed by atoms with Crippen LogP contribution in [0.15, 0.2) is 0 Å². The summed E-state index contributed by atoms with van der Waals surface area (Å²) in [5.74, 6) is 0. The van der Waals surface area contributed by atoms with Crippen LogP contribution in [0.3, 0.4) is 0 Å². The van der Waals surface area contributed by atoms with Crippen molar-refractivity contribution in [3.63, 3.8) is 0 Å². The van der Waals surface area contributed by atoms with Crippen LogP contribution < -0.4 is 42.2 Å². The van der Waals surface area contributed by atoms with Crippen molar-refractivity contribution in [2.45, 2.75) is 0 Å². The van der Waals surface area contributed by atoms with E-state index >= 15 is 0 Å². The minimum Gasteiger partial charge on any atom is -0.405 e. The zero-order chi connectivity index (χ0) is 7.15. The van der Waals surface area contributed by atoms with E-state index in [1.807, 2.05) is 0 Å². The minimum absolute atomic E-state index is 0. The molecule has 0 unspecified atom stereocenters. The van der Waals surface area contributed by atoms with Gasteiger partial charge in [0.05, 0.1) is 0 Å². The van der Waals surface area contributed by atoms with Gasteiger partial charge in [-0.05, 0) is 0 Å². The third-order valence-electron chi connectivity index (χ3n) is 0. The smallest absolute Gasteiger partial charge is 0.405 e. The van der Waals surface area contributed by atoms with Crippen molar-refractivity contribution in [2.24, 2.45) is 0 Å². The molecule has 0 aromatic carbocycles.